The second-order valence-electron chi connectivity index (χ2n) is 4.82. The van der Waals surface area contributed by atoms with E-state index >= 15 is 0 Å². The van der Waals surface area contributed by atoms with E-state index in [-0.39, 0.29) is 37.9 Å². The van der Waals surface area contributed by atoms with Gasteiger partial charge in [0.05, 0.1) is 31.3 Å². The monoisotopic (exact) mass is 321 g/mol. The number of piperidine rings is 1. The molecular weight excluding hydrogens is 298 g/mol. The largest absolute Gasteiger partial charge is 0.466 e. The summed E-state index contributed by atoms with van der Waals surface area (Å²) in [6.45, 7) is 4.40. The molecule has 1 heterocycles. The molecule has 0 aromatic rings. The summed E-state index contributed by atoms with van der Waals surface area (Å²) in [6, 6.07) is 0. The van der Waals surface area contributed by atoms with Crippen LogP contribution in [0.5, 0.6) is 0 Å². The van der Waals surface area contributed by atoms with Crippen LogP contribution in [0, 0.1) is 5.92 Å². The molecule has 0 aliphatic carbocycles. The summed E-state index contributed by atoms with van der Waals surface area (Å²) in [6.07, 6.45) is 1.07. The van der Waals surface area contributed by atoms with Gasteiger partial charge in [-0.1, -0.05) is 0 Å². The number of carbonyl (C=O) groups is 2. The van der Waals surface area contributed by atoms with Gasteiger partial charge in [0.25, 0.3) is 0 Å². The zero-order valence-electron chi connectivity index (χ0n) is 12.5. The Labute approximate surface area is 125 Å². The van der Waals surface area contributed by atoms with Crippen LogP contribution in [0.4, 0.5) is 0 Å². The van der Waals surface area contributed by atoms with Crippen LogP contribution in [0.1, 0.15) is 33.1 Å². The number of sulfonamides is 1. The molecule has 0 aromatic heterocycles. The van der Waals surface area contributed by atoms with Crippen molar-refractivity contribution in [3.8, 4) is 0 Å². The van der Waals surface area contributed by atoms with Crippen LogP contribution in [0.2, 0.25) is 0 Å². The Hall–Kier alpha value is -1.15. The second-order valence-corrected chi connectivity index (χ2v) is 6.91. The third-order valence-corrected chi connectivity index (χ3v) is 5.11. The van der Waals surface area contributed by atoms with Gasteiger partial charge in [-0.2, -0.15) is 0 Å². The van der Waals surface area contributed by atoms with Crippen molar-refractivity contribution in [1.82, 2.24) is 4.31 Å². The summed E-state index contributed by atoms with van der Waals surface area (Å²) in [5.41, 5.74) is 0. The van der Waals surface area contributed by atoms with Crippen LogP contribution < -0.4 is 0 Å². The molecule has 0 spiro atoms. The zero-order valence-corrected chi connectivity index (χ0v) is 13.4. The van der Waals surface area contributed by atoms with E-state index in [0.29, 0.717) is 19.4 Å². The number of ether oxygens (including phenoxy) is 2. The Morgan fingerprint density at radius 1 is 1.19 bits per heavy atom. The maximum absolute atomic E-state index is 12.2. The predicted octanol–water partition coefficient (Wildman–Crippen LogP) is 0.544. The van der Waals surface area contributed by atoms with Crippen molar-refractivity contribution in [2.75, 3.05) is 32.1 Å². The van der Waals surface area contributed by atoms with Gasteiger partial charge in [-0.05, 0) is 26.7 Å². The molecule has 21 heavy (non-hydrogen) atoms. The van der Waals surface area contributed by atoms with E-state index in [9.17, 15) is 18.0 Å². The van der Waals surface area contributed by atoms with Gasteiger partial charge in [-0.25, -0.2) is 12.7 Å². The zero-order chi connectivity index (χ0) is 15.9. The number of hydrogen-bond donors (Lipinski definition) is 0. The maximum atomic E-state index is 12.2. The number of rotatable bonds is 7. The van der Waals surface area contributed by atoms with Crippen molar-refractivity contribution in [3.05, 3.63) is 0 Å². The molecule has 1 saturated heterocycles. The van der Waals surface area contributed by atoms with Gasteiger partial charge in [0.15, 0.2) is 0 Å². The first kappa shape index (κ1) is 17.9. The minimum absolute atomic E-state index is 0.129. The van der Waals surface area contributed by atoms with Crippen LogP contribution in [0.3, 0.4) is 0 Å². The molecule has 1 atom stereocenters. The lowest BCUT2D eigenvalue weighted by atomic mass is 10.0. The standard InChI is InChI=1S/C13H23NO6S/c1-3-19-12(15)7-9-21(17,18)14-8-5-6-11(10-14)13(16)20-4-2/h11H,3-10H2,1-2H3/t11-/m0/s1. The summed E-state index contributed by atoms with van der Waals surface area (Å²) >= 11 is 0. The summed E-state index contributed by atoms with van der Waals surface area (Å²) in [4.78, 5) is 23.0. The van der Waals surface area contributed by atoms with Crippen LogP contribution in [0.15, 0.2) is 0 Å². The van der Waals surface area contributed by atoms with Crippen molar-refractivity contribution >= 4 is 22.0 Å². The third kappa shape index (κ3) is 5.62. The SMILES string of the molecule is CCOC(=O)CCS(=O)(=O)N1CCC[C@H](C(=O)OCC)C1. The normalized spacial score (nSPS) is 20.0. The molecule has 0 N–H and O–H groups in total. The number of nitrogens with zero attached hydrogens (tertiary/aromatic N) is 1. The minimum atomic E-state index is -3.55. The molecule has 0 aromatic carbocycles. The van der Waals surface area contributed by atoms with Crippen LogP contribution in [0.25, 0.3) is 0 Å². The Morgan fingerprint density at radius 2 is 1.86 bits per heavy atom. The fraction of sp³-hybridized carbons (Fsp3) is 0.846. The molecule has 122 valence electrons. The van der Waals surface area contributed by atoms with E-state index in [1.807, 2.05) is 0 Å². The molecule has 1 aliphatic heterocycles. The van der Waals surface area contributed by atoms with Crippen LogP contribution in [-0.4, -0.2) is 56.7 Å². The van der Waals surface area contributed by atoms with Crippen LogP contribution in [-0.2, 0) is 29.1 Å². The highest BCUT2D eigenvalue weighted by molar-refractivity contribution is 7.89. The van der Waals surface area contributed by atoms with E-state index in [1.165, 1.54) is 4.31 Å². The van der Waals surface area contributed by atoms with E-state index in [2.05, 4.69) is 0 Å². The van der Waals surface area contributed by atoms with Gasteiger partial charge in [0, 0.05) is 13.1 Å². The van der Waals surface area contributed by atoms with Crippen molar-refractivity contribution in [3.63, 3.8) is 0 Å². The Bertz CT molecular complexity index is 461. The quantitative estimate of drug-likeness (QED) is 0.636. The van der Waals surface area contributed by atoms with Gasteiger partial charge < -0.3 is 9.47 Å². The van der Waals surface area contributed by atoms with Gasteiger partial charge in [-0.3, -0.25) is 9.59 Å². The van der Waals surface area contributed by atoms with Crippen LogP contribution >= 0.6 is 0 Å². The third-order valence-electron chi connectivity index (χ3n) is 3.27. The molecule has 0 radical (unpaired) electrons. The number of esters is 2. The van der Waals surface area contributed by atoms with Gasteiger partial charge in [0.1, 0.15) is 0 Å². The first-order valence-electron chi connectivity index (χ1n) is 7.20. The first-order valence-corrected chi connectivity index (χ1v) is 8.81. The van der Waals surface area contributed by atoms with Crippen molar-refractivity contribution in [1.29, 1.82) is 0 Å². The molecule has 1 fully saturated rings. The summed E-state index contributed by atoms with van der Waals surface area (Å²) < 4.78 is 35.3. The average Bonchev–Trinajstić information content (AvgIpc) is 2.46. The minimum Gasteiger partial charge on any atom is -0.466 e. The van der Waals surface area contributed by atoms with E-state index in [0.717, 1.165) is 0 Å². The fourth-order valence-electron chi connectivity index (χ4n) is 2.22. The Morgan fingerprint density at radius 3 is 2.48 bits per heavy atom. The highest BCUT2D eigenvalue weighted by atomic mass is 32.2. The van der Waals surface area contributed by atoms with E-state index < -0.39 is 21.9 Å². The lowest BCUT2D eigenvalue weighted by molar-refractivity contribution is -0.149. The summed E-state index contributed by atoms with van der Waals surface area (Å²) in [7, 11) is -3.55. The summed E-state index contributed by atoms with van der Waals surface area (Å²) in [5, 5.41) is 0. The molecule has 0 amide bonds. The molecule has 0 unspecified atom stereocenters. The summed E-state index contributed by atoms with van der Waals surface area (Å²) in [5.74, 6) is -1.60. The molecule has 7 nitrogen and oxygen atoms in total. The van der Waals surface area contributed by atoms with Crippen molar-refractivity contribution < 1.29 is 27.5 Å². The Balaban J connectivity index is 2.57. The molecule has 1 rings (SSSR count). The first-order chi connectivity index (χ1) is 9.90. The highest BCUT2D eigenvalue weighted by Crippen LogP contribution is 2.21. The number of hydrogen-bond acceptors (Lipinski definition) is 6. The average molecular weight is 321 g/mol. The molecule has 0 saturated carbocycles. The number of carbonyl (C=O) groups excluding carboxylic acids is 2. The highest BCUT2D eigenvalue weighted by Gasteiger charge is 2.33. The lowest BCUT2D eigenvalue weighted by Crippen LogP contribution is -2.43. The van der Waals surface area contributed by atoms with E-state index in [4.69, 9.17) is 9.47 Å². The maximum Gasteiger partial charge on any atom is 0.310 e. The van der Waals surface area contributed by atoms with Crippen molar-refractivity contribution in [2.45, 2.75) is 33.1 Å². The molecule has 8 heteroatoms. The van der Waals surface area contributed by atoms with Gasteiger partial charge >= 0.3 is 11.9 Å². The van der Waals surface area contributed by atoms with E-state index in [1.54, 1.807) is 13.8 Å². The van der Waals surface area contributed by atoms with Gasteiger partial charge in [0.2, 0.25) is 10.0 Å². The smallest absolute Gasteiger partial charge is 0.310 e. The predicted molar refractivity (Wildman–Crippen MR) is 76.0 cm³/mol. The second kappa shape index (κ2) is 8.33. The topological polar surface area (TPSA) is 90.0 Å². The fourth-order valence-corrected chi connectivity index (χ4v) is 3.72. The molecular formula is C13H23NO6S. The Kier molecular flexibility index (Phi) is 7.10. The van der Waals surface area contributed by atoms with Crippen molar-refractivity contribution in [2.24, 2.45) is 5.92 Å². The lowest BCUT2D eigenvalue weighted by Gasteiger charge is -2.30. The molecule has 0 bridgehead atoms. The van der Waals surface area contributed by atoms with Gasteiger partial charge in [-0.15, -0.1) is 0 Å². The molecule has 1 aliphatic rings.